The van der Waals surface area contributed by atoms with Gasteiger partial charge in [-0.15, -0.1) is 0 Å². The zero-order valence-corrected chi connectivity index (χ0v) is 15.3. The van der Waals surface area contributed by atoms with E-state index in [2.05, 4.69) is 0 Å². The molecule has 8 heteroatoms. The Kier molecular flexibility index (Phi) is 5.43. The highest BCUT2D eigenvalue weighted by molar-refractivity contribution is 8.18. The lowest BCUT2D eigenvalue weighted by atomic mass is 10.1. The molecule has 0 unspecified atom stereocenters. The fourth-order valence-corrected chi connectivity index (χ4v) is 3.34. The Bertz CT molecular complexity index is 967. The normalized spacial score (nSPS) is 15.4. The number of nitrogens with zero attached hydrogens (tertiary/aromatic N) is 1. The van der Waals surface area contributed by atoms with Gasteiger partial charge in [0.15, 0.2) is 5.78 Å². The van der Waals surface area contributed by atoms with Gasteiger partial charge in [-0.2, -0.15) is 0 Å². The average Bonchev–Trinajstić information content (AvgIpc) is 2.90. The van der Waals surface area contributed by atoms with E-state index in [9.17, 15) is 19.2 Å². The standard InChI is InChI=1S/C19H12ClNO5S/c20-14-7-5-12(6-8-14)15(22)10-21-17(23)16(27-19(21)26)9-11-1-3-13(4-2-11)18(24)25/h1-9H,10H2,(H,24,25)/b16-9-. The van der Waals surface area contributed by atoms with E-state index in [1.54, 1.807) is 12.1 Å². The fourth-order valence-electron chi connectivity index (χ4n) is 2.38. The number of hydrogen-bond donors (Lipinski definition) is 1. The number of carboxylic acids is 1. The van der Waals surface area contributed by atoms with Crippen molar-refractivity contribution in [1.82, 2.24) is 4.90 Å². The van der Waals surface area contributed by atoms with Crippen molar-refractivity contribution in [2.45, 2.75) is 0 Å². The highest BCUT2D eigenvalue weighted by Crippen LogP contribution is 2.32. The third-order valence-electron chi connectivity index (χ3n) is 3.80. The molecule has 136 valence electrons. The first kappa shape index (κ1) is 18.9. The number of hydrogen-bond acceptors (Lipinski definition) is 5. The molecule has 0 saturated carbocycles. The van der Waals surface area contributed by atoms with Crippen molar-refractivity contribution in [2.24, 2.45) is 0 Å². The third-order valence-corrected chi connectivity index (χ3v) is 4.96. The summed E-state index contributed by atoms with van der Waals surface area (Å²) in [6, 6.07) is 12.1. The number of rotatable bonds is 5. The molecular weight excluding hydrogens is 390 g/mol. The number of ketones is 1. The largest absolute Gasteiger partial charge is 0.478 e. The maximum absolute atomic E-state index is 12.5. The minimum absolute atomic E-state index is 0.119. The van der Waals surface area contributed by atoms with Crippen LogP contribution in [0.1, 0.15) is 26.3 Å². The molecule has 3 rings (SSSR count). The van der Waals surface area contributed by atoms with Crippen LogP contribution in [0.15, 0.2) is 53.4 Å². The van der Waals surface area contributed by atoms with Crippen molar-refractivity contribution < 1.29 is 24.3 Å². The van der Waals surface area contributed by atoms with Crippen molar-refractivity contribution in [1.29, 1.82) is 0 Å². The number of amides is 2. The molecule has 2 aromatic rings. The molecule has 0 aromatic heterocycles. The van der Waals surface area contributed by atoms with Crippen molar-refractivity contribution in [3.05, 3.63) is 75.1 Å². The Morgan fingerprint density at radius 3 is 2.19 bits per heavy atom. The van der Waals surface area contributed by atoms with E-state index in [0.717, 1.165) is 16.7 Å². The Morgan fingerprint density at radius 2 is 1.59 bits per heavy atom. The van der Waals surface area contributed by atoms with E-state index in [0.29, 0.717) is 16.1 Å². The van der Waals surface area contributed by atoms with Gasteiger partial charge in [0.2, 0.25) is 0 Å². The number of Topliss-reactive ketones (excluding diaryl/α,β-unsaturated/α-hetero) is 1. The summed E-state index contributed by atoms with van der Waals surface area (Å²) in [6.07, 6.45) is 1.49. The van der Waals surface area contributed by atoms with E-state index in [4.69, 9.17) is 16.7 Å². The van der Waals surface area contributed by atoms with Crippen molar-refractivity contribution in [2.75, 3.05) is 6.54 Å². The van der Waals surface area contributed by atoms with Crippen LogP contribution in [0, 0.1) is 0 Å². The summed E-state index contributed by atoms with van der Waals surface area (Å²) in [5, 5.41) is 8.85. The summed E-state index contributed by atoms with van der Waals surface area (Å²) in [4.78, 5) is 48.8. The second-order valence-electron chi connectivity index (χ2n) is 5.63. The van der Waals surface area contributed by atoms with Gasteiger partial charge >= 0.3 is 5.97 Å². The van der Waals surface area contributed by atoms with Gasteiger partial charge in [-0.05, 0) is 59.8 Å². The average molecular weight is 402 g/mol. The van der Waals surface area contributed by atoms with Crippen molar-refractivity contribution >= 4 is 52.3 Å². The molecular formula is C19H12ClNO5S. The predicted molar refractivity (Wildman–Crippen MR) is 102 cm³/mol. The first-order valence-electron chi connectivity index (χ1n) is 7.72. The van der Waals surface area contributed by atoms with Crippen molar-refractivity contribution in [3.8, 4) is 0 Å². The summed E-state index contributed by atoms with van der Waals surface area (Å²) in [7, 11) is 0. The summed E-state index contributed by atoms with van der Waals surface area (Å²) in [5.41, 5.74) is 1.05. The van der Waals surface area contributed by atoms with Crippen LogP contribution >= 0.6 is 23.4 Å². The molecule has 0 atom stereocenters. The Morgan fingerprint density at radius 1 is 1.00 bits per heavy atom. The first-order valence-corrected chi connectivity index (χ1v) is 8.92. The van der Waals surface area contributed by atoms with Gasteiger partial charge in [-0.1, -0.05) is 23.7 Å². The van der Waals surface area contributed by atoms with Gasteiger partial charge in [0, 0.05) is 10.6 Å². The SMILES string of the molecule is O=C(O)c1ccc(/C=C2\SC(=O)N(CC(=O)c3ccc(Cl)cc3)C2=O)cc1. The topological polar surface area (TPSA) is 91.8 Å². The molecule has 0 radical (unpaired) electrons. The minimum Gasteiger partial charge on any atom is -0.478 e. The van der Waals surface area contributed by atoms with E-state index >= 15 is 0 Å². The smallest absolute Gasteiger partial charge is 0.335 e. The number of halogens is 1. The number of imide groups is 1. The molecule has 1 fully saturated rings. The highest BCUT2D eigenvalue weighted by Gasteiger charge is 2.36. The zero-order chi connectivity index (χ0) is 19.6. The van der Waals surface area contributed by atoms with Crippen LogP contribution in [-0.2, 0) is 4.79 Å². The molecule has 1 aliphatic rings. The molecule has 1 aliphatic heterocycles. The quantitative estimate of drug-likeness (QED) is 0.602. The lowest BCUT2D eigenvalue weighted by molar-refractivity contribution is -0.122. The third kappa shape index (κ3) is 4.27. The van der Waals surface area contributed by atoms with Gasteiger partial charge in [0.1, 0.15) is 0 Å². The number of thioether (sulfide) groups is 1. The van der Waals surface area contributed by atoms with Gasteiger partial charge < -0.3 is 5.11 Å². The van der Waals surface area contributed by atoms with E-state index in [-0.39, 0.29) is 22.8 Å². The van der Waals surface area contributed by atoms with Crippen LogP contribution in [0.25, 0.3) is 6.08 Å². The number of carbonyl (C=O) groups excluding carboxylic acids is 3. The Hall–Kier alpha value is -2.90. The molecule has 0 spiro atoms. The van der Waals surface area contributed by atoms with E-state index in [1.165, 1.54) is 42.5 Å². The minimum atomic E-state index is -1.05. The number of carboxylic acid groups (broad SMARTS) is 1. The number of benzene rings is 2. The van der Waals surface area contributed by atoms with Crippen LogP contribution in [0.5, 0.6) is 0 Å². The lowest BCUT2D eigenvalue weighted by Crippen LogP contribution is -2.33. The zero-order valence-electron chi connectivity index (χ0n) is 13.7. The van der Waals surface area contributed by atoms with Crippen LogP contribution in [0.2, 0.25) is 5.02 Å². The predicted octanol–water partition coefficient (Wildman–Crippen LogP) is 3.96. The first-order chi connectivity index (χ1) is 12.8. The molecule has 1 saturated heterocycles. The maximum Gasteiger partial charge on any atom is 0.335 e. The van der Waals surface area contributed by atoms with E-state index in [1.807, 2.05) is 0 Å². The summed E-state index contributed by atoms with van der Waals surface area (Å²) >= 11 is 6.52. The molecule has 1 N–H and O–H groups in total. The van der Waals surface area contributed by atoms with E-state index < -0.39 is 17.1 Å². The van der Waals surface area contributed by atoms with Gasteiger partial charge in [0.05, 0.1) is 17.0 Å². The van der Waals surface area contributed by atoms with Crippen LogP contribution in [0.3, 0.4) is 0 Å². The van der Waals surface area contributed by atoms with Crippen LogP contribution in [0.4, 0.5) is 4.79 Å². The molecule has 2 amide bonds. The Labute approximate surface area is 163 Å². The maximum atomic E-state index is 12.5. The molecule has 1 heterocycles. The number of carbonyl (C=O) groups is 4. The summed E-state index contributed by atoms with van der Waals surface area (Å²) < 4.78 is 0. The van der Waals surface area contributed by atoms with Crippen LogP contribution in [-0.4, -0.2) is 39.5 Å². The second-order valence-corrected chi connectivity index (χ2v) is 7.05. The highest BCUT2D eigenvalue weighted by atomic mass is 35.5. The van der Waals surface area contributed by atoms with Gasteiger partial charge in [-0.25, -0.2) is 4.79 Å². The van der Waals surface area contributed by atoms with Gasteiger partial charge in [0.25, 0.3) is 11.1 Å². The molecule has 0 aliphatic carbocycles. The molecule has 2 aromatic carbocycles. The summed E-state index contributed by atoms with van der Waals surface area (Å²) in [6.45, 7) is -0.360. The molecule has 0 bridgehead atoms. The van der Waals surface area contributed by atoms with Gasteiger partial charge in [-0.3, -0.25) is 19.3 Å². The molecule has 6 nitrogen and oxygen atoms in total. The monoisotopic (exact) mass is 401 g/mol. The summed E-state index contributed by atoms with van der Waals surface area (Å²) in [5.74, 6) is -1.99. The second kappa shape index (κ2) is 7.77. The molecule has 27 heavy (non-hydrogen) atoms. The van der Waals surface area contributed by atoms with Crippen LogP contribution < -0.4 is 0 Å². The Balaban J connectivity index is 1.75. The van der Waals surface area contributed by atoms with Crippen molar-refractivity contribution in [3.63, 3.8) is 0 Å². The fraction of sp³-hybridized carbons (Fsp3) is 0.0526. The lowest BCUT2D eigenvalue weighted by Gasteiger charge is -2.11. The number of aromatic carboxylic acids is 1.